The van der Waals surface area contributed by atoms with Crippen LogP contribution in [0.25, 0.3) is 6.08 Å². The highest BCUT2D eigenvalue weighted by Crippen LogP contribution is 2.35. The van der Waals surface area contributed by atoms with Gasteiger partial charge in [-0.1, -0.05) is 52.1 Å². The highest BCUT2D eigenvalue weighted by atomic mass is 79.9. The van der Waals surface area contributed by atoms with E-state index in [9.17, 15) is 9.59 Å². The first-order chi connectivity index (χ1) is 15.8. The summed E-state index contributed by atoms with van der Waals surface area (Å²) >= 11 is 9.94. The van der Waals surface area contributed by atoms with Gasteiger partial charge in [0.25, 0.3) is 11.8 Å². The molecular formula is C24H23BrN2O4S2. The molecule has 33 heavy (non-hydrogen) atoms. The molecule has 0 unspecified atom stereocenters. The van der Waals surface area contributed by atoms with E-state index in [1.54, 1.807) is 30.4 Å². The number of hydrogen-bond donors (Lipinski definition) is 1. The fourth-order valence-corrected chi connectivity index (χ4v) is 4.79. The molecule has 0 aromatic heterocycles. The zero-order valence-electron chi connectivity index (χ0n) is 18.2. The Balaban J connectivity index is 1.71. The van der Waals surface area contributed by atoms with Crippen molar-refractivity contribution in [3.8, 4) is 11.5 Å². The van der Waals surface area contributed by atoms with Gasteiger partial charge in [0.05, 0.1) is 11.5 Å². The van der Waals surface area contributed by atoms with Crippen molar-refractivity contribution in [3.63, 3.8) is 0 Å². The number of carbonyl (C=O) groups is 2. The van der Waals surface area contributed by atoms with E-state index in [0.717, 1.165) is 21.3 Å². The molecule has 1 aliphatic heterocycles. The lowest BCUT2D eigenvalue weighted by atomic mass is 10.2. The number of aryl methyl sites for hydroxylation is 1. The summed E-state index contributed by atoms with van der Waals surface area (Å²) in [7, 11) is 0. The highest BCUT2D eigenvalue weighted by molar-refractivity contribution is 9.10. The van der Waals surface area contributed by atoms with Crippen LogP contribution < -0.4 is 14.8 Å². The molecule has 1 heterocycles. The molecule has 2 aromatic rings. The van der Waals surface area contributed by atoms with Crippen LogP contribution >= 0.6 is 39.9 Å². The Bertz CT molecular complexity index is 1130. The van der Waals surface area contributed by atoms with E-state index in [1.807, 2.05) is 32.0 Å². The Kier molecular flexibility index (Phi) is 8.71. The number of thioether (sulfide) groups is 1. The first kappa shape index (κ1) is 25.0. The molecule has 0 saturated carbocycles. The van der Waals surface area contributed by atoms with Crippen molar-refractivity contribution in [2.75, 3.05) is 25.1 Å². The van der Waals surface area contributed by atoms with Crippen LogP contribution in [0.4, 0.5) is 5.69 Å². The Hall–Kier alpha value is -2.62. The third-order valence-corrected chi connectivity index (χ3v) is 6.44. The Morgan fingerprint density at radius 2 is 2.03 bits per heavy atom. The first-order valence-electron chi connectivity index (χ1n) is 10.1. The van der Waals surface area contributed by atoms with Gasteiger partial charge >= 0.3 is 0 Å². The van der Waals surface area contributed by atoms with Crippen LogP contribution in [-0.2, 0) is 9.59 Å². The van der Waals surface area contributed by atoms with Crippen LogP contribution in [0.1, 0.15) is 18.1 Å². The fourth-order valence-electron chi connectivity index (χ4n) is 3.04. The quantitative estimate of drug-likeness (QED) is 0.252. The second-order valence-corrected chi connectivity index (χ2v) is 9.61. The predicted molar refractivity (Wildman–Crippen MR) is 141 cm³/mol. The zero-order chi connectivity index (χ0) is 24.0. The molecule has 0 aliphatic carbocycles. The number of ether oxygens (including phenoxy) is 2. The van der Waals surface area contributed by atoms with Gasteiger partial charge in [0.2, 0.25) is 0 Å². The third-order valence-electron chi connectivity index (χ3n) is 4.57. The maximum atomic E-state index is 12.6. The van der Waals surface area contributed by atoms with E-state index < -0.39 is 0 Å². The molecule has 1 N–H and O–H groups in total. The lowest BCUT2D eigenvalue weighted by Crippen LogP contribution is -2.27. The average Bonchev–Trinajstić information content (AvgIpc) is 3.03. The maximum Gasteiger partial charge on any atom is 0.266 e. The second kappa shape index (κ2) is 11.5. The number of hydrogen-bond acceptors (Lipinski definition) is 6. The minimum atomic E-state index is -0.280. The molecule has 0 bridgehead atoms. The van der Waals surface area contributed by atoms with Gasteiger partial charge in [-0.25, -0.2) is 0 Å². The monoisotopic (exact) mass is 546 g/mol. The molecule has 0 atom stereocenters. The van der Waals surface area contributed by atoms with Gasteiger partial charge in [0.1, 0.15) is 4.32 Å². The minimum absolute atomic E-state index is 0.150. The standard InChI is InChI=1S/C24H23BrN2O4S2/c1-4-10-27-23(29)21(33-24(27)32)13-16-6-9-19(20(12-16)30-5-2)31-14-22(28)26-18-8-7-17(25)11-15(18)3/h4,6-9,11-13H,1,5,10,14H2,2-3H3,(H,26,28)/b21-13-. The summed E-state index contributed by atoms with van der Waals surface area (Å²) in [5.74, 6) is 0.497. The smallest absolute Gasteiger partial charge is 0.266 e. The normalized spacial score (nSPS) is 14.5. The first-order valence-corrected chi connectivity index (χ1v) is 12.2. The van der Waals surface area contributed by atoms with Crippen molar-refractivity contribution < 1.29 is 19.1 Å². The Labute approximate surface area is 211 Å². The second-order valence-electron chi connectivity index (χ2n) is 7.02. The van der Waals surface area contributed by atoms with Gasteiger partial charge in [-0.3, -0.25) is 14.5 Å². The summed E-state index contributed by atoms with van der Waals surface area (Å²) in [6.45, 7) is 8.06. The number of nitrogens with one attached hydrogen (secondary N) is 1. The number of nitrogens with zero attached hydrogens (tertiary/aromatic N) is 1. The number of halogens is 1. The number of carbonyl (C=O) groups excluding carboxylic acids is 2. The van der Waals surface area contributed by atoms with E-state index in [4.69, 9.17) is 21.7 Å². The molecule has 0 spiro atoms. The number of anilines is 1. The van der Waals surface area contributed by atoms with Gasteiger partial charge in [-0.2, -0.15) is 0 Å². The van der Waals surface area contributed by atoms with Crippen LogP contribution in [0.5, 0.6) is 11.5 Å². The van der Waals surface area contributed by atoms with E-state index in [0.29, 0.717) is 33.9 Å². The van der Waals surface area contributed by atoms with Crippen molar-refractivity contribution in [1.29, 1.82) is 0 Å². The molecule has 3 rings (SSSR count). The Morgan fingerprint density at radius 1 is 1.24 bits per heavy atom. The summed E-state index contributed by atoms with van der Waals surface area (Å²) in [4.78, 5) is 27.0. The lowest BCUT2D eigenvalue weighted by molar-refractivity contribution is -0.121. The largest absolute Gasteiger partial charge is 0.490 e. The highest BCUT2D eigenvalue weighted by Gasteiger charge is 2.31. The summed E-state index contributed by atoms with van der Waals surface area (Å²) in [6, 6.07) is 10.9. The molecular weight excluding hydrogens is 524 g/mol. The summed E-state index contributed by atoms with van der Waals surface area (Å²) in [6.07, 6.45) is 3.40. The van der Waals surface area contributed by atoms with E-state index in [2.05, 4.69) is 27.8 Å². The predicted octanol–water partition coefficient (Wildman–Crippen LogP) is 5.56. The Morgan fingerprint density at radius 3 is 2.73 bits per heavy atom. The fraction of sp³-hybridized carbons (Fsp3) is 0.208. The van der Waals surface area contributed by atoms with Crippen LogP contribution in [0.15, 0.2) is 58.4 Å². The van der Waals surface area contributed by atoms with E-state index in [-0.39, 0.29) is 18.4 Å². The van der Waals surface area contributed by atoms with E-state index in [1.165, 1.54) is 16.7 Å². The SMILES string of the molecule is C=CCN1C(=O)/C(=C/c2ccc(OCC(=O)Nc3ccc(Br)cc3C)c(OCC)c2)SC1=S. The minimum Gasteiger partial charge on any atom is -0.490 e. The molecule has 2 amide bonds. The number of rotatable bonds is 9. The molecule has 2 aromatic carbocycles. The molecule has 1 fully saturated rings. The molecule has 1 aliphatic rings. The maximum absolute atomic E-state index is 12.6. The van der Waals surface area contributed by atoms with Gasteiger partial charge in [-0.15, -0.1) is 6.58 Å². The van der Waals surface area contributed by atoms with Gasteiger partial charge < -0.3 is 14.8 Å². The average molecular weight is 547 g/mol. The van der Waals surface area contributed by atoms with Crippen LogP contribution in [0.2, 0.25) is 0 Å². The topological polar surface area (TPSA) is 67.9 Å². The number of benzene rings is 2. The zero-order valence-corrected chi connectivity index (χ0v) is 21.4. The van der Waals surface area contributed by atoms with Crippen molar-refractivity contribution in [2.45, 2.75) is 13.8 Å². The van der Waals surface area contributed by atoms with Crippen molar-refractivity contribution in [1.82, 2.24) is 4.90 Å². The van der Waals surface area contributed by atoms with Gasteiger partial charge in [0, 0.05) is 16.7 Å². The number of thiocarbonyl (C=S) groups is 1. The summed E-state index contributed by atoms with van der Waals surface area (Å²) < 4.78 is 12.9. The third kappa shape index (κ3) is 6.46. The number of amides is 2. The van der Waals surface area contributed by atoms with Crippen molar-refractivity contribution >= 4 is 67.8 Å². The molecule has 172 valence electrons. The lowest BCUT2D eigenvalue weighted by Gasteiger charge is -2.13. The van der Waals surface area contributed by atoms with Crippen molar-refractivity contribution in [3.05, 3.63) is 69.6 Å². The molecule has 6 nitrogen and oxygen atoms in total. The van der Waals surface area contributed by atoms with Gasteiger partial charge in [-0.05, 0) is 61.4 Å². The van der Waals surface area contributed by atoms with Crippen LogP contribution in [0.3, 0.4) is 0 Å². The van der Waals surface area contributed by atoms with Crippen LogP contribution in [-0.4, -0.2) is 40.8 Å². The van der Waals surface area contributed by atoms with E-state index >= 15 is 0 Å². The molecule has 0 radical (unpaired) electrons. The summed E-state index contributed by atoms with van der Waals surface area (Å²) in [5.41, 5.74) is 2.43. The molecule has 1 saturated heterocycles. The van der Waals surface area contributed by atoms with Gasteiger partial charge in [0.15, 0.2) is 18.1 Å². The van der Waals surface area contributed by atoms with Crippen molar-refractivity contribution in [2.24, 2.45) is 0 Å². The molecule has 9 heteroatoms. The van der Waals surface area contributed by atoms with Crippen LogP contribution in [0, 0.1) is 6.92 Å². The summed E-state index contributed by atoms with van der Waals surface area (Å²) in [5, 5.41) is 2.84.